The molecule has 2 aromatic heterocycles. The molecule has 1 atom stereocenters. The van der Waals surface area contributed by atoms with Gasteiger partial charge in [-0.15, -0.1) is 0 Å². The van der Waals surface area contributed by atoms with E-state index >= 15 is 0 Å². The zero-order valence-corrected chi connectivity index (χ0v) is 18.1. The number of H-pyrrole nitrogens is 1. The molecule has 0 amide bonds. The van der Waals surface area contributed by atoms with Gasteiger partial charge in [0.05, 0.1) is 42.2 Å². The third kappa shape index (κ3) is 4.25. The predicted molar refractivity (Wildman–Crippen MR) is 125 cm³/mol. The first-order valence-electron chi connectivity index (χ1n) is 10.5. The van der Waals surface area contributed by atoms with E-state index in [1.165, 1.54) is 4.68 Å². The molecule has 1 fully saturated rings. The molecule has 3 heterocycles. The Hall–Kier alpha value is -3.20. The lowest BCUT2D eigenvalue weighted by Crippen LogP contribution is -2.40. The van der Waals surface area contributed by atoms with Crippen LogP contribution in [0, 0.1) is 0 Å². The zero-order valence-electron chi connectivity index (χ0n) is 17.4. The highest BCUT2D eigenvalue weighted by Crippen LogP contribution is 2.25. The molecule has 4 aromatic rings. The molecule has 0 saturated carbocycles. The summed E-state index contributed by atoms with van der Waals surface area (Å²) in [6, 6.07) is 17.6. The Bertz CT molecular complexity index is 1230. The first kappa shape index (κ1) is 20.7. The van der Waals surface area contributed by atoms with Crippen molar-refractivity contribution in [3.63, 3.8) is 0 Å². The predicted octanol–water partition coefficient (Wildman–Crippen LogP) is 3.25. The van der Waals surface area contributed by atoms with Crippen molar-refractivity contribution >= 4 is 28.3 Å². The Kier molecular flexibility index (Phi) is 5.89. The summed E-state index contributed by atoms with van der Waals surface area (Å²) in [5.74, 6) is 0.331. The average molecular weight is 451 g/mol. The number of ether oxygens (including phenoxy) is 1. The topological polar surface area (TPSA) is 88.1 Å². The molecule has 8 nitrogen and oxygen atoms in total. The van der Waals surface area contributed by atoms with E-state index in [1.807, 2.05) is 42.5 Å². The van der Waals surface area contributed by atoms with E-state index in [0.29, 0.717) is 11.6 Å². The minimum absolute atomic E-state index is 0.0601. The number of morpholine rings is 1. The number of aromatic nitrogens is 4. The Balaban J connectivity index is 1.44. The lowest BCUT2D eigenvalue weighted by molar-refractivity contribution is 0.0361. The van der Waals surface area contributed by atoms with Gasteiger partial charge in [-0.05, 0) is 17.7 Å². The molecule has 1 unspecified atom stereocenters. The summed E-state index contributed by atoms with van der Waals surface area (Å²) >= 11 is 6.51. The summed E-state index contributed by atoms with van der Waals surface area (Å²) < 4.78 is 6.66. The van der Waals surface area contributed by atoms with Crippen LogP contribution in [-0.4, -0.2) is 57.5 Å². The fourth-order valence-corrected chi connectivity index (χ4v) is 4.06. The number of benzene rings is 2. The van der Waals surface area contributed by atoms with Crippen molar-refractivity contribution in [3.8, 4) is 5.95 Å². The fraction of sp³-hybridized carbons (Fsp3) is 0.261. The van der Waals surface area contributed by atoms with Crippen molar-refractivity contribution in [2.24, 2.45) is 0 Å². The smallest absolute Gasteiger partial charge is 0.295 e. The molecule has 9 heteroatoms. The van der Waals surface area contributed by atoms with Gasteiger partial charge in [-0.2, -0.15) is 9.78 Å². The number of rotatable bonds is 6. The van der Waals surface area contributed by atoms with Crippen LogP contribution >= 0.6 is 11.6 Å². The second-order valence-corrected chi connectivity index (χ2v) is 8.07. The van der Waals surface area contributed by atoms with Crippen LogP contribution in [0.2, 0.25) is 5.02 Å². The van der Waals surface area contributed by atoms with Crippen molar-refractivity contribution in [2.75, 3.05) is 38.2 Å². The first-order chi connectivity index (χ1) is 15.7. The maximum Gasteiger partial charge on any atom is 0.295 e. The number of aromatic amines is 1. The summed E-state index contributed by atoms with van der Waals surface area (Å²) in [5.41, 5.74) is 2.74. The third-order valence-electron chi connectivity index (χ3n) is 5.57. The van der Waals surface area contributed by atoms with E-state index in [0.717, 1.165) is 49.4 Å². The summed E-state index contributed by atoms with van der Waals surface area (Å²) in [5, 5.41) is 7.84. The Labute approximate surface area is 189 Å². The van der Waals surface area contributed by atoms with Crippen LogP contribution in [0.3, 0.4) is 0 Å². The van der Waals surface area contributed by atoms with Crippen LogP contribution in [0.25, 0.3) is 17.0 Å². The van der Waals surface area contributed by atoms with Crippen LogP contribution < -0.4 is 10.9 Å². The second-order valence-electron chi connectivity index (χ2n) is 7.69. The van der Waals surface area contributed by atoms with Crippen LogP contribution in [0.1, 0.15) is 11.6 Å². The molecule has 2 aromatic carbocycles. The highest BCUT2D eigenvalue weighted by molar-refractivity contribution is 6.33. The van der Waals surface area contributed by atoms with Gasteiger partial charge in [-0.25, -0.2) is 4.98 Å². The summed E-state index contributed by atoms with van der Waals surface area (Å²) in [6.07, 6.45) is 1.58. The van der Waals surface area contributed by atoms with Gasteiger partial charge in [0.15, 0.2) is 0 Å². The van der Waals surface area contributed by atoms with Gasteiger partial charge >= 0.3 is 0 Å². The minimum Gasteiger partial charge on any atom is -0.379 e. The second kappa shape index (κ2) is 9.12. The van der Waals surface area contributed by atoms with Gasteiger partial charge in [-0.3, -0.25) is 9.69 Å². The van der Waals surface area contributed by atoms with Crippen molar-refractivity contribution in [2.45, 2.75) is 6.04 Å². The van der Waals surface area contributed by atoms with Gasteiger partial charge in [-0.1, -0.05) is 54.1 Å². The SMILES string of the molecule is O=c1c(Cl)c(NC(CN2CCOCC2)c2ccccc2)cnn1-c1nc2ccccc2[nH]1. The van der Waals surface area contributed by atoms with Crippen molar-refractivity contribution in [1.82, 2.24) is 24.6 Å². The molecule has 0 spiro atoms. The average Bonchev–Trinajstić information content (AvgIpc) is 3.27. The van der Waals surface area contributed by atoms with E-state index in [4.69, 9.17) is 16.3 Å². The summed E-state index contributed by atoms with van der Waals surface area (Å²) in [4.78, 5) is 22.9. The molecule has 0 bridgehead atoms. The number of anilines is 1. The normalized spacial score (nSPS) is 15.7. The third-order valence-corrected chi connectivity index (χ3v) is 5.94. The standard InChI is InChI=1S/C23H23ClN6O2/c24-21-19(14-25-30(22(21)31)23-27-17-8-4-5-9-18(17)28-23)26-20(16-6-2-1-3-7-16)15-29-10-12-32-13-11-29/h1-9,14,20,26H,10-13,15H2,(H,27,28). The Morgan fingerprint density at radius 2 is 1.84 bits per heavy atom. The minimum atomic E-state index is -0.436. The van der Waals surface area contributed by atoms with Gasteiger partial charge in [0, 0.05) is 19.6 Å². The van der Waals surface area contributed by atoms with Crippen molar-refractivity contribution in [3.05, 3.63) is 81.7 Å². The molecule has 2 N–H and O–H groups in total. The molecule has 164 valence electrons. The quantitative estimate of drug-likeness (QED) is 0.469. The van der Waals surface area contributed by atoms with Crippen LogP contribution in [0.5, 0.6) is 0 Å². The number of para-hydroxylation sites is 2. The molecule has 1 saturated heterocycles. The van der Waals surface area contributed by atoms with Crippen LogP contribution in [0.15, 0.2) is 65.6 Å². The summed E-state index contributed by atoms with van der Waals surface area (Å²) in [7, 11) is 0. The molecular formula is C23H23ClN6O2. The maximum atomic E-state index is 13.0. The van der Waals surface area contributed by atoms with E-state index in [1.54, 1.807) is 6.20 Å². The lowest BCUT2D eigenvalue weighted by Gasteiger charge is -2.31. The van der Waals surface area contributed by atoms with Gasteiger partial charge in [0.25, 0.3) is 5.56 Å². The van der Waals surface area contributed by atoms with Gasteiger partial charge in [0.1, 0.15) is 5.02 Å². The molecular weight excluding hydrogens is 428 g/mol. The highest BCUT2D eigenvalue weighted by atomic mass is 35.5. The van der Waals surface area contributed by atoms with Crippen LogP contribution in [0.4, 0.5) is 5.69 Å². The first-order valence-corrected chi connectivity index (χ1v) is 10.9. The lowest BCUT2D eigenvalue weighted by atomic mass is 10.1. The monoisotopic (exact) mass is 450 g/mol. The van der Waals surface area contributed by atoms with E-state index < -0.39 is 5.56 Å². The Morgan fingerprint density at radius 3 is 2.62 bits per heavy atom. The molecule has 32 heavy (non-hydrogen) atoms. The molecule has 1 aliphatic rings. The highest BCUT2D eigenvalue weighted by Gasteiger charge is 2.21. The van der Waals surface area contributed by atoms with Crippen LogP contribution in [-0.2, 0) is 4.74 Å². The fourth-order valence-electron chi connectivity index (χ4n) is 3.87. The number of nitrogens with zero attached hydrogens (tertiary/aromatic N) is 4. The van der Waals surface area contributed by atoms with Crippen molar-refractivity contribution < 1.29 is 4.74 Å². The number of imidazole rings is 1. The largest absolute Gasteiger partial charge is 0.379 e. The zero-order chi connectivity index (χ0) is 21.9. The number of nitrogens with one attached hydrogen (secondary N) is 2. The number of hydrogen-bond acceptors (Lipinski definition) is 6. The molecule has 0 aliphatic carbocycles. The van der Waals surface area contributed by atoms with Gasteiger partial charge < -0.3 is 15.0 Å². The maximum absolute atomic E-state index is 13.0. The van der Waals surface area contributed by atoms with E-state index in [2.05, 4.69) is 37.4 Å². The molecule has 1 aliphatic heterocycles. The van der Waals surface area contributed by atoms with Crippen molar-refractivity contribution in [1.29, 1.82) is 0 Å². The number of halogens is 1. The molecule has 0 radical (unpaired) electrons. The van der Waals surface area contributed by atoms with E-state index in [-0.39, 0.29) is 11.1 Å². The van der Waals surface area contributed by atoms with E-state index in [9.17, 15) is 4.79 Å². The van der Waals surface area contributed by atoms with Gasteiger partial charge in [0.2, 0.25) is 5.95 Å². The number of fused-ring (bicyclic) bond motifs is 1. The number of hydrogen-bond donors (Lipinski definition) is 2. The Morgan fingerprint density at radius 1 is 1.09 bits per heavy atom. The molecule has 5 rings (SSSR count). The summed E-state index contributed by atoms with van der Waals surface area (Å²) in [6.45, 7) is 3.93.